The molecule has 12 heteroatoms. The van der Waals surface area contributed by atoms with E-state index >= 15 is 0 Å². The number of nitrogens with zero attached hydrogens (tertiary/aromatic N) is 2. The minimum absolute atomic E-state index is 0.0945. The van der Waals surface area contributed by atoms with Gasteiger partial charge in [-0.2, -0.15) is 4.98 Å². The molecule has 3 rings (SSSR count). The van der Waals surface area contributed by atoms with Crippen LogP contribution in [0.5, 0.6) is 0 Å². The Hall–Kier alpha value is -2.99. The molecule has 0 amide bonds. The molecule has 12 nitrogen and oxygen atoms in total. The SMILES string of the molecule is CCCC(=O)OC[C@H]1O[C@@H](n2ccc(NO)nc2=O)[C@@H]2OC(=O)C(=O)O[C@@H]21. The topological polar surface area (TPSA) is 155 Å². The molecule has 0 bridgehead atoms. The van der Waals surface area contributed by atoms with Crippen molar-refractivity contribution in [3.63, 3.8) is 0 Å². The van der Waals surface area contributed by atoms with Gasteiger partial charge in [0.1, 0.15) is 12.7 Å². The Morgan fingerprint density at radius 3 is 2.63 bits per heavy atom. The number of nitrogens with one attached hydrogen (secondary N) is 1. The molecule has 2 aliphatic heterocycles. The Labute approximate surface area is 151 Å². The third-order valence-corrected chi connectivity index (χ3v) is 4.02. The summed E-state index contributed by atoms with van der Waals surface area (Å²) in [6.07, 6.45) is -2.23. The molecule has 146 valence electrons. The van der Waals surface area contributed by atoms with E-state index in [1.165, 1.54) is 12.3 Å². The summed E-state index contributed by atoms with van der Waals surface area (Å²) in [6.45, 7) is 1.56. The molecule has 4 atom stereocenters. The number of carbonyl (C=O) groups excluding carboxylic acids is 3. The average molecular weight is 383 g/mol. The van der Waals surface area contributed by atoms with Gasteiger partial charge in [-0.15, -0.1) is 0 Å². The maximum Gasteiger partial charge on any atom is 0.418 e. The van der Waals surface area contributed by atoms with Crippen LogP contribution in [0.2, 0.25) is 0 Å². The van der Waals surface area contributed by atoms with E-state index in [0.717, 1.165) is 4.57 Å². The normalized spacial score (nSPS) is 26.7. The van der Waals surface area contributed by atoms with Crippen LogP contribution in [0.15, 0.2) is 17.1 Å². The third kappa shape index (κ3) is 3.75. The highest BCUT2D eigenvalue weighted by Crippen LogP contribution is 2.35. The van der Waals surface area contributed by atoms with Gasteiger partial charge in [0.15, 0.2) is 24.3 Å². The highest BCUT2D eigenvalue weighted by atomic mass is 16.7. The Kier molecular flexibility index (Phi) is 5.37. The molecule has 2 fully saturated rings. The highest BCUT2D eigenvalue weighted by Gasteiger charge is 2.55. The number of ether oxygens (including phenoxy) is 4. The van der Waals surface area contributed by atoms with Crippen molar-refractivity contribution < 1.29 is 38.5 Å². The number of aromatic nitrogens is 2. The molecule has 0 radical (unpaired) electrons. The summed E-state index contributed by atoms with van der Waals surface area (Å²) in [5.74, 6) is -2.97. The van der Waals surface area contributed by atoms with Gasteiger partial charge in [-0.25, -0.2) is 14.4 Å². The van der Waals surface area contributed by atoms with E-state index in [1.54, 1.807) is 5.48 Å². The molecule has 2 N–H and O–H groups in total. The summed E-state index contributed by atoms with van der Waals surface area (Å²) in [5.41, 5.74) is 0.920. The van der Waals surface area contributed by atoms with Gasteiger partial charge in [-0.05, 0) is 12.5 Å². The molecular weight excluding hydrogens is 366 g/mol. The number of hydrogen-bond donors (Lipinski definition) is 2. The largest absolute Gasteiger partial charge is 0.463 e. The lowest BCUT2D eigenvalue weighted by molar-refractivity contribution is -0.195. The van der Waals surface area contributed by atoms with Crippen LogP contribution in [0.3, 0.4) is 0 Å². The Balaban J connectivity index is 1.84. The second-order valence-electron chi connectivity index (χ2n) is 5.85. The average Bonchev–Trinajstić information content (AvgIpc) is 2.98. The van der Waals surface area contributed by atoms with Crippen LogP contribution in [0.25, 0.3) is 0 Å². The minimum atomic E-state index is -1.22. The first-order valence-electron chi connectivity index (χ1n) is 8.16. The maximum absolute atomic E-state index is 12.2. The van der Waals surface area contributed by atoms with Crippen LogP contribution < -0.4 is 11.2 Å². The fraction of sp³-hybridized carbons (Fsp3) is 0.533. The molecule has 3 heterocycles. The van der Waals surface area contributed by atoms with E-state index in [9.17, 15) is 19.2 Å². The summed E-state index contributed by atoms with van der Waals surface area (Å²) in [7, 11) is 0. The van der Waals surface area contributed by atoms with Gasteiger partial charge in [0.2, 0.25) is 0 Å². The van der Waals surface area contributed by atoms with Crippen LogP contribution in [-0.2, 0) is 33.3 Å². The predicted molar refractivity (Wildman–Crippen MR) is 83.4 cm³/mol. The molecule has 1 aromatic heterocycles. The molecule has 2 aliphatic rings. The van der Waals surface area contributed by atoms with Crippen molar-refractivity contribution in [3.8, 4) is 0 Å². The van der Waals surface area contributed by atoms with Crippen molar-refractivity contribution in [2.24, 2.45) is 0 Å². The van der Waals surface area contributed by atoms with Gasteiger partial charge in [0.05, 0.1) is 0 Å². The van der Waals surface area contributed by atoms with Crippen LogP contribution in [0.4, 0.5) is 5.82 Å². The number of carbonyl (C=O) groups is 3. The van der Waals surface area contributed by atoms with Crippen LogP contribution in [-0.4, -0.2) is 57.6 Å². The quantitative estimate of drug-likeness (QED) is 0.272. The standard InChI is InChI=1S/C15H17N3O9/c1-2-3-9(19)24-6-7-10-11(27-14(21)13(20)26-10)12(25-7)18-5-4-8(17-23)16-15(18)22/h4-5,7,10-12,23H,2-3,6H2,1H3,(H,16,17,22)/t7-,10-,11-,12-/m1/s1. The molecule has 0 spiro atoms. The number of rotatable bonds is 6. The summed E-state index contributed by atoms with van der Waals surface area (Å²) in [6, 6.07) is 1.28. The van der Waals surface area contributed by atoms with E-state index in [4.69, 9.17) is 24.2 Å². The third-order valence-electron chi connectivity index (χ3n) is 4.02. The van der Waals surface area contributed by atoms with Gasteiger partial charge in [-0.3, -0.25) is 20.0 Å². The fourth-order valence-electron chi connectivity index (χ4n) is 2.80. The van der Waals surface area contributed by atoms with Crippen LogP contribution in [0, 0.1) is 0 Å². The van der Waals surface area contributed by atoms with Crippen molar-refractivity contribution in [2.75, 3.05) is 12.1 Å². The van der Waals surface area contributed by atoms with E-state index in [0.29, 0.717) is 6.42 Å². The summed E-state index contributed by atoms with van der Waals surface area (Å²) in [5, 5.41) is 8.81. The summed E-state index contributed by atoms with van der Waals surface area (Å²) < 4.78 is 21.9. The zero-order valence-electron chi connectivity index (χ0n) is 14.2. The van der Waals surface area contributed by atoms with Crippen molar-refractivity contribution in [3.05, 3.63) is 22.7 Å². The first-order chi connectivity index (χ1) is 12.9. The van der Waals surface area contributed by atoms with Crippen LogP contribution >= 0.6 is 0 Å². The highest BCUT2D eigenvalue weighted by molar-refractivity contribution is 6.30. The number of fused-ring (bicyclic) bond motifs is 1. The van der Waals surface area contributed by atoms with E-state index < -0.39 is 48.1 Å². The molecule has 2 saturated heterocycles. The number of anilines is 1. The fourth-order valence-corrected chi connectivity index (χ4v) is 2.80. The minimum Gasteiger partial charge on any atom is -0.463 e. The molecule has 0 aromatic carbocycles. The molecule has 0 saturated carbocycles. The lowest BCUT2D eigenvalue weighted by Crippen LogP contribution is -2.48. The maximum atomic E-state index is 12.2. The summed E-state index contributed by atoms with van der Waals surface area (Å²) in [4.78, 5) is 50.4. The number of hydrogen-bond acceptors (Lipinski definition) is 11. The van der Waals surface area contributed by atoms with Gasteiger partial charge >= 0.3 is 23.6 Å². The molecule has 1 aromatic rings. The van der Waals surface area contributed by atoms with Gasteiger partial charge in [-0.1, -0.05) is 6.92 Å². The van der Waals surface area contributed by atoms with Crippen molar-refractivity contribution in [2.45, 2.75) is 44.3 Å². The van der Waals surface area contributed by atoms with Crippen LogP contribution in [0.1, 0.15) is 26.0 Å². The van der Waals surface area contributed by atoms with Gasteiger partial charge < -0.3 is 18.9 Å². The van der Waals surface area contributed by atoms with Crippen molar-refractivity contribution in [1.29, 1.82) is 0 Å². The summed E-state index contributed by atoms with van der Waals surface area (Å²) >= 11 is 0. The smallest absolute Gasteiger partial charge is 0.418 e. The molecule has 0 unspecified atom stereocenters. The first-order valence-corrected chi connectivity index (χ1v) is 8.16. The predicted octanol–water partition coefficient (Wildman–Crippen LogP) is -0.878. The Morgan fingerprint density at radius 2 is 2.00 bits per heavy atom. The second kappa shape index (κ2) is 7.72. The first kappa shape index (κ1) is 18.8. The lowest BCUT2D eigenvalue weighted by atomic mass is 10.1. The Bertz CT molecular complexity index is 808. The number of esters is 3. The molecule has 27 heavy (non-hydrogen) atoms. The van der Waals surface area contributed by atoms with Gasteiger partial charge in [0, 0.05) is 12.6 Å². The van der Waals surface area contributed by atoms with E-state index in [-0.39, 0.29) is 18.8 Å². The monoisotopic (exact) mass is 383 g/mol. The second-order valence-corrected chi connectivity index (χ2v) is 5.85. The van der Waals surface area contributed by atoms with E-state index in [1.807, 2.05) is 6.92 Å². The Morgan fingerprint density at radius 1 is 1.30 bits per heavy atom. The van der Waals surface area contributed by atoms with Gasteiger partial charge in [0.25, 0.3) is 0 Å². The van der Waals surface area contributed by atoms with Crippen molar-refractivity contribution in [1.82, 2.24) is 9.55 Å². The zero-order valence-corrected chi connectivity index (χ0v) is 14.2. The molecule has 0 aliphatic carbocycles. The van der Waals surface area contributed by atoms with Crippen molar-refractivity contribution >= 4 is 23.7 Å². The van der Waals surface area contributed by atoms with E-state index in [2.05, 4.69) is 4.98 Å². The zero-order chi connectivity index (χ0) is 19.6. The molecular formula is C15H17N3O9. The lowest BCUT2D eigenvalue weighted by Gasteiger charge is -2.27.